The van der Waals surface area contributed by atoms with Gasteiger partial charge in [-0.2, -0.15) is 4.98 Å². The second-order valence-electron chi connectivity index (χ2n) is 4.23. The second-order valence-corrected chi connectivity index (χ2v) is 5.84. The zero-order valence-corrected chi connectivity index (χ0v) is 13.3. The number of halogens is 3. The van der Waals surface area contributed by atoms with Gasteiger partial charge in [-0.05, 0) is 29.3 Å². The molecule has 0 amide bonds. The summed E-state index contributed by atoms with van der Waals surface area (Å²) >= 11 is 15.1. The van der Waals surface area contributed by atoms with Crippen molar-refractivity contribution in [1.29, 1.82) is 0 Å². The molecule has 0 bridgehead atoms. The topological polar surface area (TPSA) is 59.9 Å². The lowest BCUT2D eigenvalue weighted by molar-refractivity contribution is 0.354. The molecule has 0 radical (unpaired) electrons. The Kier molecular flexibility index (Phi) is 3.96. The molecule has 0 aliphatic carbocycles. The Morgan fingerprint density at radius 3 is 3.00 bits per heavy atom. The van der Waals surface area contributed by atoms with Crippen LogP contribution in [0.4, 0.5) is 5.82 Å². The van der Waals surface area contributed by atoms with Crippen LogP contribution in [0.25, 0.3) is 0 Å². The van der Waals surface area contributed by atoms with Crippen LogP contribution in [0.1, 0.15) is 11.1 Å². The first-order valence-electron chi connectivity index (χ1n) is 5.87. The van der Waals surface area contributed by atoms with Crippen LogP contribution in [0.3, 0.4) is 0 Å². The summed E-state index contributed by atoms with van der Waals surface area (Å²) in [5, 5.41) is 10.6. The van der Waals surface area contributed by atoms with E-state index in [1.807, 2.05) is 6.07 Å². The van der Waals surface area contributed by atoms with Crippen LogP contribution in [-0.2, 0) is 13.0 Å². The number of nitrogens with zero attached hydrogens (tertiary/aromatic N) is 3. The molecule has 20 heavy (non-hydrogen) atoms. The van der Waals surface area contributed by atoms with E-state index in [0.29, 0.717) is 19.0 Å². The monoisotopic (exact) mass is 374 g/mol. The van der Waals surface area contributed by atoms with Crippen molar-refractivity contribution in [3.63, 3.8) is 0 Å². The first-order chi connectivity index (χ1) is 9.63. The maximum atomic E-state index is 5.91. The minimum Gasteiger partial charge on any atom is -0.493 e. The van der Waals surface area contributed by atoms with Crippen molar-refractivity contribution >= 4 is 44.9 Å². The van der Waals surface area contributed by atoms with E-state index in [1.165, 1.54) is 5.56 Å². The van der Waals surface area contributed by atoms with Gasteiger partial charge in [0.1, 0.15) is 5.75 Å². The van der Waals surface area contributed by atoms with Crippen molar-refractivity contribution < 1.29 is 4.74 Å². The summed E-state index contributed by atoms with van der Waals surface area (Å²) in [6, 6.07) is 4.07. The second kappa shape index (κ2) is 5.71. The van der Waals surface area contributed by atoms with Crippen LogP contribution in [0, 0.1) is 0 Å². The van der Waals surface area contributed by atoms with Crippen LogP contribution >= 0.6 is 39.1 Å². The lowest BCUT2D eigenvalue weighted by Gasteiger charge is -2.11. The summed E-state index contributed by atoms with van der Waals surface area (Å²) < 4.78 is 6.68. The van der Waals surface area contributed by atoms with Crippen LogP contribution in [0.2, 0.25) is 10.4 Å². The van der Waals surface area contributed by atoms with Gasteiger partial charge in [-0.3, -0.25) is 0 Å². The Morgan fingerprint density at radius 1 is 1.30 bits per heavy atom. The number of aromatic nitrogens is 3. The van der Waals surface area contributed by atoms with Gasteiger partial charge in [0.25, 0.3) is 0 Å². The molecule has 2 aromatic rings. The van der Waals surface area contributed by atoms with Crippen molar-refractivity contribution in [3.05, 3.63) is 38.2 Å². The van der Waals surface area contributed by atoms with Crippen LogP contribution < -0.4 is 10.1 Å². The van der Waals surface area contributed by atoms with Crippen molar-refractivity contribution in [2.75, 3.05) is 11.9 Å². The molecular weight excluding hydrogens is 367 g/mol. The van der Waals surface area contributed by atoms with Crippen molar-refractivity contribution in [1.82, 2.24) is 15.2 Å². The largest absolute Gasteiger partial charge is 0.493 e. The van der Waals surface area contributed by atoms with E-state index in [2.05, 4.69) is 42.5 Å². The lowest BCUT2D eigenvalue weighted by Crippen LogP contribution is -2.05. The van der Waals surface area contributed by atoms with Crippen molar-refractivity contribution in [2.24, 2.45) is 0 Å². The summed E-state index contributed by atoms with van der Waals surface area (Å²) in [6.07, 6.45) is 0.920. The number of ether oxygens (including phenoxy) is 1. The molecule has 0 unspecified atom stereocenters. The van der Waals surface area contributed by atoms with Gasteiger partial charge >= 0.3 is 0 Å². The fraction of sp³-hybridized carbons (Fsp3) is 0.250. The van der Waals surface area contributed by atoms with Gasteiger partial charge < -0.3 is 10.1 Å². The highest BCUT2D eigenvalue weighted by atomic mass is 79.9. The molecule has 2 heterocycles. The third-order valence-electron chi connectivity index (χ3n) is 2.89. The molecule has 0 saturated heterocycles. The number of hydrogen-bond donors (Lipinski definition) is 1. The van der Waals surface area contributed by atoms with Crippen LogP contribution in [-0.4, -0.2) is 21.8 Å². The molecule has 0 spiro atoms. The first-order valence-corrected chi connectivity index (χ1v) is 7.42. The van der Waals surface area contributed by atoms with Gasteiger partial charge in [-0.15, -0.1) is 10.2 Å². The van der Waals surface area contributed by atoms with E-state index in [9.17, 15) is 0 Å². The molecule has 5 nitrogen and oxygen atoms in total. The average molecular weight is 376 g/mol. The molecule has 0 atom stereocenters. The normalized spacial score (nSPS) is 12.9. The lowest BCUT2D eigenvalue weighted by atomic mass is 10.1. The van der Waals surface area contributed by atoms with Gasteiger partial charge in [0, 0.05) is 23.0 Å². The maximum Gasteiger partial charge on any atom is 0.245 e. The minimum atomic E-state index is 0.0487. The summed E-state index contributed by atoms with van der Waals surface area (Å²) in [6.45, 7) is 1.22. The van der Waals surface area contributed by atoms with Crippen LogP contribution in [0.5, 0.6) is 5.75 Å². The highest BCUT2D eigenvalue weighted by Crippen LogP contribution is 2.33. The number of rotatable bonds is 3. The molecule has 0 saturated carbocycles. The van der Waals surface area contributed by atoms with Gasteiger partial charge in [0.2, 0.25) is 5.28 Å². The minimum absolute atomic E-state index is 0.0487. The molecule has 1 aliphatic heterocycles. The average Bonchev–Trinajstić information content (AvgIpc) is 2.87. The standard InChI is InChI=1S/C12H9BrCl2N4O/c13-8-3-6-1-2-20-9(6)7(4-8)5-16-11-10(14)18-19-12(15)17-11/h3-4H,1-2,5H2,(H,16,17,19). The molecule has 1 aliphatic rings. The first kappa shape index (κ1) is 13.9. The Bertz CT molecular complexity index is 668. The third-order valence-corrected chi connectivity index (χ3v) is 3.76. The van der Waals surface area contributed by atoms with Crippen molar-refractivity contribution in [2.45, 2.75) is 13.0 Å². The summed E-state index contributed by atoms with van der Waals surface area (Å²) in [5.74, 6) is 1.32. The molecule has 104 valence electrons. The number of hydrogen-bond acceptors (Lipinski definition) is 5. The van der Waals surface area contributed by atoms with Crippen LogP contribution in [0.15, 0.2) is 16.6 Å². The molecule has 0 fully saturated rings. The third kappa shape index (κ3) is 2.82. The highest BCUT2D eigenvalue weighted by Gasteiger charge is 2.17. The smallest absolute Gasteiger partial charge is 0.245 e. The van der Waals surface area contributed by atoms with E-state index >= 15 is 0 Å². The van der Waals surface area contributed by atoms with E-state index in [4.69, 9.17) is 27.9 Å². The zero-order valence-electron chi connectivity index (χ0n) is 10.2. The van der Waals surface area contributed by atoms with Gasteiger partial charge in [-0.1, -0.05) is 27.5 Å². The van der Waals surface area contributed by atoms with E-state index in [1.54, 1.807) is 0 Å². The van der Waals surface area contributed by atoms with E-state index in [0.717, 1.165) is 22.2 Å². The number of anilines is 1. The fourth-order valence-corrected chi connectivity index (χ4v) is 2.88. The Labute approximate surface area is 133 Å². The fourth-order valence-electron chi connectivity index (χ4n) is 2.06. The number of benzene rings is 1. The molecular formula is C12H9BrCl2N4O. The van der Waals surface area contributed by atoms with Gasteiger partial charge in [0.15, 0.2) is 11.0 Å². The van der Waals surface area contributed by atoms with E-state index < -0.39 is 0 Å². The zero-order chi connectivity index (χ0) is 14.1. The molecule has 1 aromatic heterocycles. The SMILES string of the molecule is Clc1nnc(Cl)c(NCc2cc(Br)cc3c2OCC3)n1. The Balaban J connectivity index is 1.84. The Morgan fingerprint density at radius 2 is 2.15 bits per heavy atom. The number of nitrogens with one attached hydrogen (secondary N) is 1. The summed E-state index contributed by atoms with van der Waals surface area (Å²) in [7, 11) is 0. The molecule has 1 aromatic carbocycles. The number of fused-ring (bicyclic) bond motifs is 1. The van der Waals surface area contributed by atoms with Gasteiger partial charge in [0.05, 0.1) is 6.61 Å². The van der Waals surface area contributed by atoms with E-state index in [-0.39, 0.29) is 10.4 Å². The van der Waals surface area contributed by atoms with Gasteiger partial charge in [-0.25, -0.2) is 0 Å². The Hall–Kier alpha value is -1.11. The molecule has 1 N–H and O–H groups in total. The highest BCUT2D eigenvalue weighted by molar-refractivity contribution is 9.10. The summed E-state index contributed by atoms with van der Waals surface area (Å²) in [4.78, 5) is 4.00. The molecule has 8 heteroatoms. The molecule has 3 rings (SSSR count). The maximum absolute atomic E-state index is 5.91. The summed E-state index contributed by atoms with van der Waals surface area (Å²) in [5.41, 5.74) is 2.22. The predicted octanol–water partition coefficient (Wildman–Crippen LogP) is 3.49. The van der Waals surface area contributed by atoms with Crippen molar-refractivity contribution in [3.8, 4) is 5.75 Å². The quantitative estimate of drug-likeness (QED) is 0.889. The predicted molar refractivity (Wildman–Crippen MR) is 80.5 cm³/mol.